The van der Waals surface area contributed by atoms with E-state index in [0.29, 0.717) is 23.0 Å². The third-order valence-electron chi connectivity index (χ3n) is 6.51. The second-order valence-electron chi connectivity index (χ2n) is 8.76. The smallest absolute Gasteiger partial charge is 0.261 e. The second-order valence-corrected chi connectivity index (χ2v) is 8.76. The number of para-hydroxylation sites is 1. The van der Waals surface area contributed by atoms with Crippen molar-refractivity contribution >= 4 is 46.8 Å². The molecule has 0 fully saturated rings. The van der Waals surface area contributed by atoms with Crippen LogP contribution in [0.2, 0.25) is 0 Å². The fraction of sp³-hybridized carbons (Fsp3) is 0.200. The van der Waals surface area contributed by atoms with E-state index in [2.05, 4.69) is 40.1 Å². The van der Waals surface area contributed by atoms with Gasteiger partial charge in [0.2, 0.25) is 0 Å². The zero-order chi connectivity index (χ0) is 22.9. The van der Waals surface area contributed by atoms with Crippen LogP contribution in [0, 0.1) is 11.7 Å². The molecule has 0 spiro atoms. The van der Waals surface area contributed by atoms with Crippen LogP contribution >= 0.6 is 12.4 Å². The Balaban J connectivity index is 0.00000241. The Labute approximate surface area is 201 Å². The highest BCUT2D eigenvalue weighted by Crippen LogP contribution is 2.41. The Morgan fingerprint density at radius 3 is 2.71 bits per heavy atom. The van der Waals surface area contributed by atoms with Gasteiger partial charge in [-0.05, 0) is 30.0 Å². The lowest BCUT2D eigenvalue weighted by Crippen LogP contribution is -2.32. The second kappa shape index (κ2) is 7.92. The normalized spacial score (nSPS) is 18.9. The van der Waals surface area contributed by atoms with Crippen LogP contribution in [0.3, 0.4) is 0 Å². The van der Waals surface area contributed by atoms with Gasteiger partial charge < -0.3 is 4.90 Å². The van der Waals surface area contributed by atoms with Crippen molar-refractivity contribution in [2.75, 3.05) is 4.90 Å². The molecule has 3 aliphatic heterocycles. The van der Waals surface area contributed by atoms with E-state index >= 15 is 0 Å². The molecule has 1 aromatic carbocycles. The number of amides is 2. The van der Waals surface area contributed by atoms with Crippen LogP contribution in [-0.4, -0.2) is 33.0 Å². The third-order valence-corrected chi connectivity index (χ3v) is 6.51. The van der Waals surface area contributed by atoms with Gasteiger partial charge in [0.1, 0.15) is 11.5 Å². The van der Waals surface area contributed by atoms with Crippen LogP contribution in [0.15, 0.2) is 65.7 Å². The minimum Gasteiger partial charge on any atom is -0.342 e. The van der Waals surface area contributed by atoms with Crippen LogP contribution in [0.4, 0.5) is 10.1 Å². The lowest BCUT2D eigenvalue weighted by molar-refractivity contribution is -0.123. The lowest BCUT2D eigenvalue weighted by Gasteiger charge is -2.27. The van der Waals surface area contributed by atoms with Gasteiger partial charge in [0.05, 0.1) is 34.4 Å². The molecule has 34 heavy (non-hydrogen) atoms. The molecule has 0 aliphatic carbocycles. The van der Waals surface area contributed by atoms with Crippen molar-refractivity contribution in [2.45, 2.75) is 26.3 Å². The number of carbonyl (C=O) groups is 2. The van der Waals surface area contributed by atoms with E-state index in [0.717, 1.165) is 17.7 Å². The van der Waals surface area contributed by atoms with Crippen molar-refractivity contribution in [3.05, 3.63) is 83.3 Å². The van der Waals surface area contributed by atoms with Crippen molar-refractivity contribution in [2.24, 2.45) is 10.9 Å². The van der Waals surface area contributed by atoms with Gasteiger partial charge in [-0.3, -0.25) is 24.3 Å². The molecule has 0 radical (unpaired) electrons. The van der Waals surface area contributed by atoms with E-state index in [1.807, 2.05) is 18.3 Å². The molecule has 1 N–H and O–H groups in total. The van der Waals surface area contributed by atoms with Crippen LogP contribution in [0.5, 0.6) is 0 Å². The van der Waals surface area contributed by atoms with Gasteiger partial charge in [0.15, 0.2) is 0 Å². The Kier molecular flexibility index (Phi) is 5.13. The van der Waals surface area contributed by atoms with Crippen LogP contribution in [-0.2, 0) is 16.0 Å². The summed E-state index contributed by atoms with van der Waals surface area (Å²) in [5, 5.41) is 2.40. The molecule has 3 aromatic rings. The van der Waals surface area contributed by atoms with Gasteiger partial charge in [-0.2, -0.15) is 0 Å². The number of aromatic nitrogens is 2. The van der Waals surface area contributed by atoms with E-state index in [4.69, 9.17) is 0 Å². The van der Waals surface area contributed by atoms with Gasteiger partial charge >= 0.3 is 0 Å². The zero-order valence-electron chi connectivity index (χ0n) is 18.4. The number of imide groups is 1. The largest absolute Gasteiger partial charge is 0.342 e. The Morgan fingerprint density at radius 2 is 1.91 bits per heavy atom. The van der Waals surface area contributed by atoms with Crippen molar-refractivity contribution < 1.29 is 14.0 Å². The molecular formula is C25H21ClFN5O2. The standard InChI is InChI=1S/C25H20FN5O2.ClH/c1-13(2)17-10-14-4-3-5-16-22(27-8-9-30(17)23(14)16)21-20(24(32)29-25(21)33)18-11-28-19-7-6-15(26)12-31(18)19;/h3-9,11-13,17H,10H2,1-2H3,(H,29,32,33);1H. The maximum Gasteiger partial charge on any atom is 0.261 e. The summed E-state index contributed by atoms with van der Waals surface area (Å²) in [5.41, 5.74) is 4.50. The van der Waals surface area contributed by atoms with Gasteiger partial charge in [-0.1, -0.05) is 32.0 Å². The van der Waals surface area contributed by atoms with Crippen LogP contribution in [0.1, 0.15) is 30.7 Å². The fourth-order valence-electron chi connectivity index (χ4n) is 5.00. The highest BCUT2D eigenvalue weighted by atomic mass is 35.5. The maximum atomic E-state index is 14.0. The number of hydrogen-bond donors (Lipinski definition) is 1. The molecule has 2 aromatic heterocycles. The first-order valence-electron chi connectivity index (χ1n) is 10.8. The minimum absolute atomic E-state index is 0. The van der Waals surface area contributed by atoms with E-state index < -0.39 is 17.6 Å². The monoisotopic (exact) mass is 477 g/mol. The molecule has 0 bridgehead atoms. The number of rotatable bonds is 3. The number of nitrogens with zero attached hydrogens (tertiary/aromatic N) is 4. The number of nitrogens with one attached hydrogen (secondary N) is 1. The van der Waals surface area contributed by atoms with Gasteiger partial charge in [0.25, 0.3) is 11.8 Å². The number of pyridine rings is 1. The summed E-state index contributed by atoms with van der Waals surface area (Å²) in [6, 6.07) is 9.07. The highest BCUT2D eigenvalue weighted by Gasteiger charge is 2.40. The molecule has 1 atom stereocenters. The van der Waals surface area contributed by atoms with E-state index in [9.17, 15) is 14.0 Å². The Bertz CT molecular complexity index is 1470. The van der Waals surface area contributed by atoms with E-state index in [1.165, 1.54) is 34.5 Å². The summed E-state index contributed by atoms with van der Waals surface area (Å²) >= 11 is 0. The molecule has 9 heteroatoms. The van der Waals surface area contributed by atoms with E-state index in [1.54, 1.807) is 6.20 Å². The Morgan fingerprint density at radius 1 is 1.12 bits per heavy atom. The number of carbonyl (C=O) groups excluding carboxylic acids is 2. The molecule has 0 saturated carbocycles. The highest BCUT2D eigenvalue weighted by molar-refractivity contribution is 6.47. The zero-order valence-corrected chi connectivity index (χ0v) is 19.3. The molecule has 172 valence electrons. The summed E-state index contributed by atoms with van der Waals surface area (Å²) in [4.78, 5) is 37.1. The lowest BCUT2D eigenvalue weighted by atomic mass is 9.94. The number of benzene rings is 1. The molecule has 1 unspecified atom stereocenters. The summed E-state index contributed by atoms with van der Waals surface area (Å²) in [6.07, 6.45) is 7.23. The number of anilines is 1. The number of fused-ring (bicyclic) bond motifs is 1. The van der Waals surface area contributed by atoms with Crippen molar-refractivity contribution in [3.63, 3.8) is 0 Å². The molecule has 7 nitrogen and oxygen atoms in total. The van der Waals surface area contributed by atoms with Gasteiger partial charge in [-0.25, -0.2) is 9.37 Å². The number of halogens is 2. The topological polar surface area (TPSA) is 79.1 Å². The fourth-order valence-corrected chi connectivity index (χ4v) is 5.00. The average molecular weight is 478 g/mol. The first-order chi connectivity index (χ1) is 15.9. The Hall–Kier alpha value is -3.78. The van der Waals surface area contributed by atoms with Crippen molar-refractivity contribution in [1.82, 2.24) is 14.7 Å². The van der Waals surface area contributed by atoms with E-state index in [-0.39, 0.29) is 29.6 Å². The maximum absolute atomic E-state index is 14.0. The minimum atomic E-state index is -0.554. The number of aliphatic imine (C=N–C) groups is 1. The van der Waals surface area contributed by atoms with Gasteiger partial charge in [-0.15, -0.1) is 12.4 Å². The van der Waals surface area contributed by atoms with Gasteiger partial charge in [0, 0.05) is 30.2 Å². The average Bonchev–Trinajstić information content (AvgIpc) is 3.40. The SMILES string of the molecule is CC(C)C1Cc2cccc3c2N1C=CN=C3C1=C(c2cnc3ccc(F)cn23)C(=O)NC1=O.Cl. The summed E-state index contributed by atoms with van der Waals surface area (Å²) in [5.74, 6) is -1.14. The summed E-state index contributed by atoms with van der Waals surface area (Å²) < 4.78 is 15.5. The molecule has 0 saturated heterocycles. The third kappa shape index (κ3) is 3.09. The van der Waals surface area contributed by atoms with Crippen molar-refractivity contribution in [1.29, 1.82) is 0 Å². The predicted molar refractivity (Wildman–Crippen MR) is 129 cm³/mol. The molecule has 6 rings (SSSR count). The quantitative estimate of drug-likeness (QED) is 0.584. The predicted octanol–water partition coefficient (Wildman–Crippen LogP) is 3.67. The summed E-state index contributed by atoms with van der Waals surface area (Å²) in [7, 11) is 0. The molecular weight excluding hydrogens is 457 g/mol. The number of imidazole rings is 1. The number of hydrogen-bond acceptors (Lipinski definition) is 5. The first kappa shape index (κ1) is 22.0. The molecule has 5 heterocycles. The van der Waals surface area contributed by atoms with Crippen LogP contribution in [0.25, 0.3) is 11.2 Å². The van der Waals surface area contributed by atoms with Crippen LogP contribution < -0.4 is 10.2 Å². The summed E-state index contributed by atoms with van der Waals surface area (Å²) in [6.45, 7) is 4.37. The molecule has 3 aliphatic rings. The molecule has 2 amide bonds. The first-order valence-corrected chi connectivity index (χ1v) is 10.8. The van der Waals surface area contributed by atoms with Crippen molar-refractivity contribution in [3.8, 4) is 0 Å².